The van der Waals surface area contributed by atoms with Gasteiger partial charge in [-0.2, -0.15) is 0 Å². The molecule has 0 saturated heterocycles. The van der Waals surface area contributed by atoms with E-state index in [4.69, 9.17) is 0 Å². The van der Waals surface area contributed by atoms with Crippen molar-refractivity contribution in [2.24, 2.45) is 0 Å². The number of rotatable bonds is 7. The number of hydrogen-bond donors (Lipinski definition) is 2. The standard InChI is InChI=1S/C17H16BrFN2O3S/c18-14-6-7-16(15(19)12-14)21-17(22)8-10-20-25(23,24)11-9-13-4-2-1-3-5-13/h1-7,9,11-12,20H,8,10H2,(H,21,22)/b11-9+. The van der Waals surface area contributed by atoms with Gasteiger partial charge in [-0.05, 0) is 29.8 Å². The van der Waals surface area contributed by atoms with E-state index in [2.05, 4.69) is 26.0 Å². The van der Waals surface area contributed by atoms with Gasteiger partial charge < -0.3 is 5.32 Å². The van der Waals surface area contributed by atoms with Crippen LogP contribution in [0, 0.1) is 5.82 Å². The molecule has 0 spiro atoms. The summed E-state index contributed by atoms with van der Waals surface area (Å²) < 4.78 is 40.1. The van der Waals surface area contributed by atoms with Gasteiger partial charge in [-0.3, -0.25) is 4.79 Å². The summed E-state index contributed by atoms with van der Waals surface area (Å²) in [4.78, 5) is 11.8. The van der Waals surface area contributed by atoms with Crippen molar-refractivity contribution in [1.29, 1.82) is 0 Å². The second-order valence-corrected chi connectivity index (χ2v) is 7.64. The van der Waals surface area contributed by atoms with Crippen molar-refractivity contribution in [3.63, 3.8) is 0 Å². The Kier molecular flexibility index (Phi) is 6.86. The number of amides is 1. The molecule has 0 aromatic heterocycles. The minimum absolute atomic E-state index is 0.0417. The molecular weight excluding hydrogens is 411 g/mol. The summed E-state index contributed by atoms with van der Waals surface area (Å²) in [5.41, 5.74) is 0.788. The highest BCUT2D eigenvalue weighted by Crippen LogP contribution is 2.19. The van der Waals surface area contributed by atoms with Gasteiger partial charge in [0.05, 0.1) is 5.69 Å². The summed E-state index contributed by atoms with van der Waals surface area (Å²) >= 11 is 3.12. The van der Waals surface area contributed by atoms with Crippen molar-refractivity contribution >= 4 is 43.6 Å². The fraction of sp³-hybridized carbons (Fsp3) is 0.118. The smallest absolute Gasteiger partial charge is 0.233 e. The van der Waals surface area contributed by atoms with Gasteiger partial charge in [0.1, 0.15) is 5.82 Å². The lowest BCUT2D eigenvalue weighted by Gasteiger charge is -2.07. The van der Waals surface area contributed by atoms with Gasteiger partial charge in [0.25, 0.3) is 0 Å². The van der Waals surface area contributed by atoms with Crippen LogP contribution in [-0.2, 0) is 14.8 Å². The fourth-order valence-electron chi connectivity index (χ4n) is 1.89. The molecule has 2 rings (SSSR count). The highest BCUT2D eigenvalue weighted by molar-refractivity contribution is 9.10. The molecule has 5 nitrogen and oxygen atoms in total. The van der Waals surface area contributed by atoms with E-state index in [-0.39, 0.29) is 18.7 Å². The van der Waals surface area contributed by atoms with Gasteiger partial charge >= 0.3 is 0 Å². The van der Waals surface area contributed by atoms with E-state index < -0.39 is 21.7 Å². The van der Waals surface area contributed by atoms with Crippen molar-refractivity contribution in [3.05, 3.63) is 69.8 Å². The maximum absolute atomic E-state index is 13.6. The molecule has 0 heterocycles. The SMILES string of the molecule is O=C(CCNS(=O)(=O)/C=C/c1ccccc1)Nc1ccc(Br)cc1F. The Hall–Kier alpha value is -2.03. The maximum Gasteiger partial charge on any atom is 0.233 e. The van der Waals surface area contributed by atoms with Crippen molar-refractivity contribution in [1.82, 2.24) is 4.72 Å². The molecule has 0 aliphatic carbocycles. The van der Waals surface area contributed by atoms with Crippen LogP contribution in [0.5, 0.6) is 0 Å². The Labute approximate surface area is 154 Å². The normalized spacial score (nSPS) is 11.6. The average molecular weight is 427 g/mol. The van der Waals surface area contributed by atoms with Crippen molar-refractivity contribution < 1.29 is 17.6 Å². The zero-order valence-electron chi connectivity index (χ0n) is 13.1. The van der Waals surface area contributed by atoms with E-state index in [0.29, 0.717) is 4.47 Å². The molecule has 2 aromatic carbocycles. The number of carbonyl (C=O) groups excluding carboxylic acids is 1. The quantitative estimate of drug-likeness (QED) is 0.710. The van der Waals surface area contributed by atoms with Gasteiger partial charge in [-0.25, -0.2) is 17.5 Å². The van der Waals surface area contributed by atoms with Gasteiger partial charge in [0.2, 0.25) is 15.9 Å². The summed E-state index contributed by atoms with van der Waals surface area (Å²) in [6, 6.07) is 13.2. The van der Waals surface area contributed by atoms with E-state index in [1.807, 2.05) is 6.07 Å². The molecule has 0 aliphatic heterocycles. The lowest BCUT2D eigenvalue weighted by Crippen LogP contribution is -2.26. The van der Waals surface area contributed by atoms with Crippen molar-refractivity contribution in [2.75, 3.05) is 11.9 Å². The number of sulfonamides is 1. The predicted octanol–water partition coefficient (Wildman–Crippen LogP) is 3.51. The zero-order valence-corrected chi connectivity index (χ0v) is 15.5. The van der Waals surface area contributed by atoms with Gasteiger partial charge in [-0.15, -0.1) is 0 Å². The van der Waals surface area contributed by atoms with E-state index in [9.17, 15) is 17.6 Å². The van der Waals surface area contributed by atoms with Crippen molar-refractivity contribution in [3.8, 4) is 0 Å². The molecule has 0 atom stereocenters. The summed E-state index contributed by atoms with van der Waals surface area (Å²) in [6.07, 6.45) is 1.34. The number of hydrogen-bond acceptors (Lipinski definition) is 3. The van der Waals surface area contributed by atoms with Crippen LogP contribution < -0.4 is 10.0 Å². The Bertz CT molecular complexity index is 871. The van der Waals surface area contributed by atoms with Crippen LogP contribution in [0.1, 0.15) is 12.0 Å². The number of nitrogens with one attached hydrogen (secondary N) is 2. The lowest BCUT2D eigenvalue weighted by atomic mass is 10.2. The molecule has 1 amide bonds. The highest BCUT2D eigenvalue weighted by atomic mass is 79.9. The molecule has 0 aliphatic rings. The Balaban J connectivity index is 1.82. The van der Waals surface area contributed by atoms with Gasteiger partial charge in [-0.1, -0.05) is 46.3 Å². The van der Waals surface area contributed by atoms with Crippen LogP contribution in [0.15, 0.2) is 58.4 Å². The number of carbonyl (C=O) groups is 1. The van der Waals surface area contributed by atoms with Crippen LogP contribution in [0.25, 0.3) is 6.08 Å². The predicted molar refractivity (Wildman–Crippen MR) is 99.7 cm³/mol. The van der Waals surface area contributed by atoms with Crippen LogP contribution >= 0.6 is 15.9 Å². The van der Waals surface area contributed by atoms with Crippen molar-refractivity contribution in [2.45, 2.75) is 6.42 Å². The molecule has 0 fully saturated rings. The summed E-state index contributed by atoms with van der Waals surface area (Å²) in [7, 11) is -3.65. The highest BCUT2D eigenvalue weighted by Gasteiger charge is 2.09. The fourth-order valence-corrected chi connectivity index (χ4v) is 3.04. The Morgan fingerprint density at radius 2 is 1.88 bits per heavy atom. The third-order valence-electron chi connectivity index (χ3n) is 3.10. The second-order valence-electron chi connectivity index (χ2n) is 5.08. The van der Waals surface area contributed by atoms with E-state index in [1.54, 1.807) is 30.3 Å². The number of benzene rings is 2. The summed E-state index contributed by atoms with van der Waals surface area (Å²) in [5, 5.41) is 3.43. The first-order chi connectivity index (χ1) is 11.9. The van der Waals surface area contributed by atoms with Gasteiger partial charge in [0.15, 0.2) is 0 Å². The third-order valence-corrected chi connectivity index (χ3v) is 4.69. The first kappa shape index (κ1) is 19.3. The molecular formula is C17H16BrFN2O3S. The second kappa shape index (κ2) is 8.89. The molecule has 0 radical (unpaired) electrons. The largest absolute Gasteiger partial charge is 0.324 e. The molecule has 25 heavy (non-hydrogen) atoms. The molecule has 2 aromatic rings. The van der Waals surface area contributed by atoms with Crippen LogP contribution in [-0.4, -0.2) is 20.9 Å². The van der Waals surface area contributed by atoms with Gasteiger partial charge in [0, 0.05) is 22.8 Å². The molecule has 0 bridgehead atoms. The monoisotopic (exact) mass is 426 g/mol. The van der Waals surface area contributed by atoms with Crippen LogP contribution in [0.2, 0.25) is 0 Å². The topological polar surface area (TPSA) is 75.3 Å². The van der Waals surface area contributed by atoms with E-state index >= 15 is 0 Å². The minimum atomic E-state index is -3.65. The molecule has 132 valence electrons. The molecule has 0 unspecified atom stereocenters. The average Bonchev–Trinajstić information content (AvgIpc) is 2.56. The first-order valence-electron chi connectivity index (χ1n) is 7.33. The Morgan fingerprint density at radius 3 is 2.56 bits per heavy atom. The maximum atomic E-state index is 13.6. The minimum Gasteiger partial charge on any atom is -0.324 e. The Morgan fingerprint density at radius 1 is 1.16 bits per heavy atom. The summed E-state index contributed by atoms with van der Waals surface area (Å²) in [6.45, 7) is -0.0918. The van der Waals surface area contributed by atoms with Crippen LogP contribution in [0.3, 0.4) is 0 Å². The first-order valence-corrected chi connectivity index (χ1v) is 9.67. The number of halogens is 2. The summed E-state index contributed by atoms with van der Waals surface area (Å²) in [5.74, 6) is -1.06. The number of anilines is 1. The third kappa shape index (κ3) is 6.77. The van der Waals surface area contributed by atoms with E-state index in [0.717, 1.165) is 11.0 Å². The molecule has 2 N–H and O–H groups in total. The van der Waals surface area contributed by atoms with E-state index in [1.165, 1.54) is 18.2 Å². The molecule has 0 saturated carbocycles. The van der Waals surface area contributed by atoms with Crippen LogP contribution in [0.4, 0.5) is 10.1 Å². The molecule has 8 heteroatoms. The zero-order chi connectivity index (χ0) is 18.3. The lowest BCUT2D eigenvalue weighted by molar-refractivity contribution is -0.116.